The van der Waals surface area contributed by atoms with Crippen LogP contribution in [-0.4, -0.2) is 72.7 Å². The van der Waals surface area contributed by atoms with Crippen LogP contribution in [0.5, 0.6) is 0 Å². The van der Waals surface area contributed by atoms with Gasteiger partial charge in [0.2, 0.25) is 11.9 Å². The maximum Gasteiger partial charge on any atom is 0.326 e. The summed E-state index contributed by atoms with van der Waals surface area (Å²) in [5.74, 6) is -0.0797. The summed E-state index contributed by atoms with van der Waals surface area (Å²) < 4.78 is 1.53. The number of hydrogen-bond acceptors (Lipinski definition) is 7. The number of rotatable bonds is 8. The Morgan fingerprint density at radius 1 is 1.37 bits per heavy atom. The molecule has 1 aromatic carbocycles. The van der Waals surface area contributed by atoms with Gasteiger partial charge < -0.3 is 15.3 Å². The monoisotopic (exact) mass is 390 g/mol. The van der Waals surface area contributed by atoms with Crippen molar-refractivity contribution >= 4 is 29.6 Å². The number of carbonyl (C=O) groups excluding carboxylic acids is 1. The summed E-state index contributed by atoms with van der Waals surface area (Å²) in [4.78, 5) is 26.0. The van der Waals surface area contributed by atoms with E-state index in [0.29, 0.717) is 31.8 Å². The van der Waals surface area contributed by atoms with Crippen molar-refractivity contribution in [1.29, 1.82) is 0 Å². The lowest BCUT2D eigenvalue weighted by Gasteiger charge is -2.27. The topological polar surface area (TPSA) is 113 Å². The Hall–Kier alpha value is -2.62. The van der Waals surface area contributed by atoms with E-state index in [-0.39, 0.29) is 5.91 Å². The predicted molar refractivity (Wildman–Crippen MR) is 102 cm³/mol. The van der Waals surface area contributed by atoms with E-state index in [4.69, 9.17) is 0 Å². The van der Waals surface area contributed by atoms with E-state index < -0.39 is 18.1 Å². The smallest absolute Gasteiger partial charge is 0.326 e. The summed E-state index contributed by atoms with van der Waals surface area (Å²) in [6.07, 6.45) is 3.69. The first kappa shape index (κ1) is 19.2. The minimum Gasteiger partial charge on any atom is -0.480 e. The first-order valence-electron chi connectivity index (χ1n) is 8.74. The van der Waals surface area contributed by atoms with Crippen molar-refractivity contribution in [3.63, 3.8) is 0 Å². The zero-order valence-electron chi connectivity index (χ0n) is 15.0. The van der Waals surface area contributed by atoms with Crippen LogP contribution in [0.25, 0.3) is 5.69 Å². The van der Waals surface area contributed by atoms with E-state index in [0.717, 1.165) is 11.4 Å². The number of benzene rings is 1. The lowest BCUT2D eigenvalue weighted by molar-refractivity contribution is -0.148. The number of likely N-dealkylation sites (tertiary alicyclic amines) is 1. The summed E-state index contributed by atoms with van der Waals surface area (Å²) in [6.45, 7) is 0.455. The molecule has 144 valence electrons. The lowest BCUT2D eigenvalue weighted by atomic mass is 10.1. The van der Waals surface area contributed by atoms with Gasteiger partial charge >= 0.3 is 5.97 Å². The molecular weight excluding hydrogens is 368 g/mol. The number of carboxylic acid groups (broad SMARTS) is 1. The second kappa shape index (κ2) is 8.85. The standard InChI is InChI=1S/C17H22N6O3S/c1-27-11-9-13(15(24)22-10-5-8-14(22)16(25)26)18-17-19-20-21-23(17)12-6-3-2-4-7-12/h2-4,6-7,13-14H,5,8-11H2,1H3,(H,25,26)(H,18,19,21)/t13-,14-/m0/s1. The molecule has 1 amide bonds. The van der Waals surface area contributed by atoms with Crippen molar-refractivity contribution in [3.05, 3.63) is 30.3 Å². The summed E-state index contributed by atoms with van der Waals surface area (Å²) in [5.41, 5.74) is 0.769. The summed E-state index contributed by atoms with van der Waals surface area (Å²) in [7, 11) is 0. The third-order valence-electron chi connectivity index (χ3n) is 4.50. The quantitative estimate of drug-likeness (QED) is 0.693. The highest BCUT2D eigenvalue weighted by Crippen LogP contribution is 2.21. The summed E-state index contributed by atoms with van der Waals surface area (Å²) >= 11 is 1.62. The molecule has 1 fully saturated rings. The molecule has 1 saturated heterocycles. The molecule has 0 saturated carbocycles. The Kier molecular flexibility index (Phi) is 6.28. The van der Waals surface area contributed by atoms with Gasteiger partial charge in [-0.05, 0) is 53.8 Å². The fourth-order valence-electron chi connectivity index (χ4n) is 3.16. The van der Waals surface area contributed by atoms with Crippen LogP contribution in [0.3, 0.4) is 0 Å². The molecule has 2 atom stereocenters. The minimum atomic E-state index is -0.960. The maximum absolute atomic E-state index is 13.1. The number of aliphatic carboxylic acids is 1. The molecule has 0 aliphatic carbocycles. The average Bonchev–Trinajstić information content (AvgIpc) is 3.34. The molecule has 0 spiro atoms. The van der Waals surface area contributed by atoms with Gasteiger partial charge in [-0.1, -0.05) is 23.3 Å². The van der Waals surface area contributed by atoms with Gasteiger partial charge in [0.05, 0.1) is 5.69 Å². The van der Waals surface area contributed by atoms with Crippen LogP contribution < -0.4 is 5.32 Å². The van der Waals surface area contributed by atoms with E-state index in [1.807, 2.05) is 36.6 Å². The number of nitrogens with one attached hydrogen (secondary N) is 1. The van der Waals surface area contributed by atoms with Crippen LogP contribution in [0.1, 0.15) is 19.3 Å². The Balaban J connectivity index is 1.81. The first-order chi connectivity index (χ1) is 13.1. The van der Waals surface area contributed by atoms with E-state index in [2.05, 4.69) is 20.8 Å². The zero-order valence-corrected chi connectivity index (χ0v) is 15.8. The van der Waals surface area contributed by atoms with Crippen molar-refractivity contribution in [2.75, 3.05) is 23.9 Å². The second-order valence-electron chi connectivity index (χ2n) is 6.26. The number of tetrazole rings is 1. The minimum absolute atomic E-state index is 0.225. The SMILES string of the molecule is CSCC[C@H](Nc1nnnn1-c1ccccc1)C(=O)N1CCC[C@H]1C(=O)O. The van der Waals surface area contributed by atoms with Gasteiger partial charge in [0, 0.05) is 6.54 Å². The molecule has 2 heterocycles. The number of para-hydroxylation sites is 1. The van der Waals surface area contributed by atoms with Crippen molar-refractivity contribution in [2.45, 2.75) is 31.3 Å². The molecule has 1 aliphatic heterocycles. The van der Waals surface area contributed by atoms with E-state index in [1.54, 1.807) is 11.8 Å². The number of amides is 1. The zero-order chi connectivity index (χ0) is 19.2. The van der Waals surface area contributed by atoms with Crippen molar-refractivity contribution in [2.24, 2.45) is 0 Å². The number of thioether (sulfide) groups is 1. The third-order valence-corrected chi connectivity index (χ3v) is 5.15. The lowest BCUT2D eigenvalue weighted by Crippen LogP contribution is -2.48. The molecule has 3 rings (SSSR count). The molecule has 27 heavy (non-hydrogen) atoms. The second-order valence-corrected chi connectivity index (χ2v) is 7.24. The van der Waals surface area contributed by atoms with Gasteiger partial charge in [-0.15, -0.1) is 0 Å². The predicted octanol–water partition coefficient (Wildman–Crippen LogP) is 1.27. The number of aromatic nitrogens is 4. The molecule has 10 heteroatoms. The largest absolute Gasteiger partial charge is 0.480 e. The van der Waals surface area contributed by atoms with Crippen molar-refractivity contribution in [3.8, 4) is 5.69 Å². The Morgan fingerprint density at radius 3 is 2.85 bits per heavy atom. The molecule has 2 aromatic rings. The highest BCUT2D eigenvalue weighted by atomic mass is 32.2. The molecule has 1 aliphatic rings. The summed E-state index contributed by atoms with van der Waals surface area (Å²) in [5, 5.41) is 24.2. The average molecular weight is 390 g/mol. The van der Waals surface area contributed by atoms with E-state index >= 15 is 0 Å². The summed E-state index contributed by atoms with van der Waals surface area (Å²) in [6, 6.07) is 8.01. The fourth-order valence-corrected chi connectivity index (χ4v) is 3.63. The van der Waals surface area contributed by atoms with Gasteiger partial charge in [-0.3, -0.25) is 4.79 Å². The molecule has 0 radical (unpaired) electrons. The van der Waals surface area contributed by atoms with E-state index in [9.17, 15) is 14.7 Å². The number of carbonyl (C=O) groups is 2. The molecule has 9 nitrogen and oxygen atoms in total. The van der Waals surface area contributed by atoms with E-state index in [1.165, 1.54) is 9.58 Å². The molecule has 2 N–H and O–H groups in total. The fraction of sp³-hybridized carbons (Fsp3) is 0.471. The highest BCUT2D eigenvalue weighted by molar-refractivity contribution is 7.98. The molecule has 1 aromatic heterocycles. The van der Waals surface area contributed by atoms with Gasteiger partial charge in [-0.2, -0.15) is 16.4 Å². The van der Waals surface area contributed by atoms with Gasteiger partial charge in [0.1, 0.15) is 12.1 Å². The van der Waals surface area contributed by atoms with Gasteiger partial charge in [0.25, 0.3) is 0 Å². The highest BCUT2D eigenvalue weighted by Gasteiger charge is 2.37. The van der Waals surface area contributed by atoms with Crippen LogP contribution in [0, 0.1) is 0 Å². The molecule has 0 bridgehead atoms. The number of carboxylic acids is 1. The maximum atomic E-state index is 13.1. The van der Waals surface area contributed by atoms with Crippen LogP contribution >= 0.6 is 11.8 Å². The van der Waals surface area contributed by atoms with Crippen LogP contribution in [0.2, 0.25) is 0 Å². The molecule has 0 unspecified atom stereocenters. The first-order valence-corrected chi connectivity index (χ1v) is 10.1. The molecular formula is C17H22N6O3S. The van der Waals surface area contributed by atoms with Crippen LogP contribution in [0.4, 0.5) is 5.95 Å². The van der Waals surface area contributed by atoms with Gasteiger partial charge in [-0.25, -0.2) is 4.79 Å². The van der Waals surface area contributed by atoms with Crippen molar-refractivity contribution < 1.29 is 14.7 Å². The number of nitrogens with zero attached hydrogens (tertiary/aromatic N) is 5. The van der Waals surface area contributed by atoms with Crippen molar-refractivity contribution in [1.82, 2.24) is 25.1 Å². The van der Waals surface area contributed by atoms with Crippen LogP contribution in [0.15, 0.2) is 30.3 Å². The number of anilines is 1. The normalized spacial score (nSPS) is 17.7. The van der Waals surface area contributed by atoms with Crippen LogP contribution in [-0.2, 0) is 9.59 Å². The Labute approximate surface area is 161 Å². The van der Waals surface area contributed by atoms with Gasteiger partial charge in [0.15, 0.2) is 0 Å². The third kappa shape index (κ3) is 4.38. The number of hydrogen-bond donors (Lipinski definition) is 2. The Bertz CT molecular complexity index is 784. The Morgan fingerprint density at radius 2 is 2.15 bits per heavy atom.